The van der Waals surface area contributed by atoms with E-state index in [4.69, 9.17) is 0 Å². The van der Waals surface area contributed by atoms with Gasteiger partial charge in [-0.15, -0.1) is 5.10 Å². The minimum Gasteiger partial charge on any atom is -0.372 e. The number of nitrogens with one attached hydrogen (secondary N) is 1. The van der Waals surface area contributed by atoms with Crippen molar-refractivity contribution in [3.63, 3.8) is 0 Å². The Balaban J connectivity index is 1.29. The second-order valence-corrected chi connectivity index (χ2v) is 9.96. The first-order chi connectivity index (χ1) is 16.8. The quantitative estimate of drug-likeness (QED) is 0.677. The number of likely N-dealkylation sites (tertiary alicyclic amines) is 2. The molecule has 190 valence electrons. The molecular weight excluding hydrogens is 457 g/mol. The number of piperidine rings is 1. The highest BCUT2D eigenvalue weighted by molar-refractivity contribution is 5.76. The summed E-state index contributed by atoms with van der Waals surface area (Å²) < 4.78 is 42.4. The minimum absolute atomic E-state index is 0.00641. The standard InChI is InChI=1S/C25H33F3N6O/c1-29-22-7-14-34(30-22)23(35)32-15-9-24(10-16-32)8-4-13-33(24)18-19-5-6-20(25(26,27)28)21(17-19)31-11-2-3-12-31/h5-7,14,17H,2-4,8-13,15-16,18H2,1H3,(H,29,30). The summed E-state index contributed by atoms with van der Waals surface area (Å²) >= 11 is 0. The molecule has 35 heavy (non-hydrogen) atoms. The van der Waals surface area contributed by atoms with Gasteiger partial charge in [0.25, 0.3) is 0 Å². The molecule has 10 heteroatoms. The van der Waals surface area contributed by atoms with E-state index in [2.05, 4.69) is 15.3 Å². The third-order valence-electron chi connectivity index (χ3n) is 7.93. The molecule has 3 saturated heterocycles. The minimum atomic E-state index is -4.35. The fourth-order valence-electron chi connectivity index (χ4n) is 5.99. The molecule has 0 bridgehead atoms. The Labute approximate surface area is 203 Å². The number of halogens is 3. The second-order valence-electron chi connectivity index (χ2n) is 9.96. The zero-order valence-electron chi connectivity index (χ0n) is 20.2. The van der Waals surface area contributed by atoms with Crippen LogP contribution in [0.3, 0.4) is 0 Å². The highest BCUT2D eigenvalue weighted by Crippen LogP contribution is 2.42. The van der Waals surface area contributed by atoms with Crippen LogP contribution in [0.4, 0.5) is 29.5 Å². The van der Waals surface area contributed by atoms with Crippen LogP contribution in [0.1, 0.15) is 49.7 Å². The van der Waals surface area contributed by atoms with Crippen molar-refractivity contribution in [3.8, 4) is 0 Å². The summed E-state index contributed by atoms with van der Waals surface area (Å²) in [5.74, 6) is 0.652. The predicted octanol–water partition coefficient (Wildman–Crippen LogP) is 4.64. The lowest BCUT2D eigenvalue weighted by atomic mass is 9.84. The molecule has 3 aliphatic heterocycles. The highest BCUT2D eigenvalue weighted by Gasteiger charge is 2.44. The Kier molecular flexibility index (Phi) is 6.41. The van der Waals surface area contributed by atoms with Crippen molar-refractivity contribution in [1.82, 2.24) is 19.6 Å². The van der Waals surface area contributed by atoms with Crippen LogP contribution in [-0.4, -0.2) is 70.9 Å². The summed E-state index contributed by atoms with van der Waals surface area (Å²) in [6.07, 6.45) is 3.02. The van der Waals surface area contributed by atoms with Crippen LogP contribution in [-0.2, 0) is 12.7 Å². The van der Waals surface area contributed by atoms with Crippen LogP contribution in [0, 0.1) is 0 Å². The lowest BCUT2D eigenvalue weighted by Crippen LogP contribution is -2.53. The van der Waals surface area contributed by atoms with Crippen molar-refractivity contribution < 1.29 is 18.0 Å². The number of anilines is 2. The van der Waals surface area contributed by atoms with Gasteiger partial charge in [-0.3, -0.25) is 4.90 Å². The van der Waals surface area contributed by atoms with E-state index in [1.807, 2.05) is 9.80 Å². The Bertz CT molecular complexity index is 1050. The Hall–Kier alpha value is -2.75. The van der Waals surface area contributed by atoms with Crippen molar-refractivity contribution in [3.05, 3.63) is 41.6 Å². The molecule has 0 atom stereocenters. The Morgan fingerprint density at radius 1 is 1.03 bits per heavy atom. The van der Waals surface area contributed by atoms with Crippen molar-refractivity contribution in [1.29, 1.82) is 0 Å². The van der Waals surface area contributed by atoms with E-state index in [0.29, 0.717) is 44.2 Å². The predicted molar refractivity (Wildman–Crippen MR) is 129 cm³/mol. The summed E-state index contributed by atoms with van der Waals surface area (Å²) in [5, 5.41) is 7.18. The molecule has 3 fully saturated rings. The maximum absolute atomic E-state index is 13.7. The normalized spacial score (nSPS) is 20.7. The van der Waals surface area contributed by atoms with E-state index in [1.165, 1.54) is 10.7 Å². The molecule has 0 aliphatic carbocycles. The van der Waals surface area contributed by atoms with Gasteiger partial charge in [0.1, 0.15) is 5.82 Å². The van der Waals surface area contributed by atoms with Crippen LogP contribution in [0.2, 0.25) is 0 Å². The number of nitrogens with zero attached hydrogens (tertiary/aromatic N) is 5. The van der Waals surface area contributed by atoms with E-state index in [0.717, 1.165) is 50.6 Å². The van der Waals surface area contributed by atoms with E-state index < -0.39 is 11.7 Å². The summed E-state index contributed by atoms with van der Waals surface area (Å²) in [6, 6.07) is 6.31. The highest BCUT2D eigenvalue weighted by atomic mass is 19.4. The average Bonchev–Trinajstić information content (AvgIpc) is 3.61. The Morgan fingerprint density at radius 3 is 2.43 bits per heavy atom. The lowest BCUT2D eigenvalue weighted by Gasteiger charge is -2.45. The van der Waals surface area contributed by atoms with Crippen molar-refractivity contribution in [2.24, 2.45) is 0 Å². The maximum Gasteiger partial charge on any atom is 0.418 e. The molecule has 1 spiro atoms. The summed E-state index contributed by atoms with van der Waals surface area (Å²) in [5.41, 5.74) is 0.705. The van der Waals surface area contributed by atoms with Gasteiger partial charge < -0.3 is 15.1 Å². The molecular formula is C25H33F3N6O. The van der Waals surface area contributed by atoms with Crippen molar-refractivity contribution in [2.75, 3.05) is 50.0 Å². The van der Waals surface area contributed by atoms with E-state index >= 15 is 0 Å². The van der Waals surface area contributed by atoms with E-state index in [9.17, 15) is 18.0 Å². The number of hydrogen-bond acceptors (Lipinski definition) is 5. The molecule has 2 aromatic rings. The van der Waals surface area contributed by atoms with Gasteiger partial charge in [0.05, 0.1) is 5.56 Å². The number of alkyl halides is 3. The van der Waals surface area contributed by atoms with Crippen molar-refractivity contribution >= 4 is 17.5 Å². The number of amides is 1. The van der Waals surface area contributed by atoms with Gasteiger partial charge in [-0.2, -0.15) is 17.9 Å². The average molecular weight is 491 g/mol. The first-order valence-electron chi connectivity index (χ1n) is 12.5. The number of carbonyl (C=O) groups is 1. The van der Waals surface area contributed by atoms with Gasteiger partial charge in [0, 0.05) is 63.3 Å². The molecule has 0 unspecified atom stereocenters. The summed E-state index contributed by atoms with van der Waals surface area (Å²) in [7, 11) is 1.77. The summed E-state index contributed by atoms with van der Waals surface area (Å²) in [6.45, 7) is 4.22. The van der Waals surface area contributed by atoms with Crippen LogP contribution >= 0.6 is 0 Å². The number of rotatable bonds is 4. The lowest BCUT2D eigenvalue weighted by molar-refractivity contribution is -0.137. The van der Waals surface area contributed by atoms with Gasteiger partial charge in [0.15, 0.2) is 0 Å². The third kappa shape index (κ3) is 4.72. The first kappa shape index (κ1) is 24.0. The SMILES string of the molecule is CNc1ccn(C(=O)N2CCC3(CCCN3Cc3ccc(C(F)(F)F)c(N4CCCC4)c3)CC2)n1. The molecule has 1 aromatic heterocycles. The Morgan fingerprint density at radius 2 is 1.77 bits per heavy atom. The van der Waals surface area contributed by atoms with Gasteiger partial charge >= 0.3 is 12.2 Å². The van der Waals surface area contributed by atoms with E-state index in [1.54, 1.807) is 31.4 Å². The zero-order valence-corrected chi connectivity index (χ0v) is 20.2. The molecule has 5 rings (SSSR count). The van der Waals surface area contributed by atoms with E-state index in [-0.39, 0.29) is 11.6 Å². The number of carbonyl (C=O) groups excluding carboxylic acids is 1. The molecule has 1 N–H and O–H groups in total. The molecule has 0 radical (unpaired) electrons. The number of aromatic nitrogens is 2. The fraction of sp³-hybridized carbons (Fsp3) is 0.600. The van der Waals surface area contributed by atoms with Gasteiger partial charge in [-0.25, -0.2) is 4.79 Å². The summed E-state index contributed by atoms with van der Waals surface area (Å²) in [4.78, 5) is 19.0. The molecule has 0 saturated carbocycles. The molecule has 7 nitrogen and oxygen atoms in total. The third-order valence-corrected chi connectivity index (χ3v) is 7.93. The fourth-order valence-corrected chi connectivity index (χ4v) is 5.99. The number of hydrogen-bond donors (Lipinski definition) is 1. The number of benzene rings is 1. The van der Waals surface area contributed by atoms with Crippen molar-refractivity contribution in [2.45, 2.75) is 56.8 Å². The van der Waals surface area contributed by atoms with Gasteiger partial charge in [-0.05, 0) is 62.8 Å². The topological polar surface area (TPSA) is 56.6 Å². The molecule has 4 heterocycles. The van der Waals surface area contributed by atoms with Crippen LogP contribution < -0.4 is 10.2 Å². The maximum atomic E-state index is 13.7. The van der Waals surface area contributed by atoms with Gasteiger partial charge in [0.2, 0.25) is 0 Å². The largest absolute Gasteiger partial charge is 0.418 e. The molecule has 1 aromatic carbocycles. The van der Waals surface area contributed by atoms with Crippen LogP contribution in [0.25, 0.3) is 0 Å². The van der Waals surface area contributed by atoms with Gasteiger partial charge in [-0.1, -0.05) is 6.07 Å². The smallest absolute Gasteiger partial charge is 0.372 e. The molecule has 1 amide bonds. The van der Waals surface area contributed by atoms with Crippen LogP contribution in [0.5, 0.6) is 0 Å². The first-order valence-corrected chi connectivity index (χ1v) is 12.5. The zero-order chi connectivity index (χ0) is 24.6. The van der Waals surface area contributed by atoms with Crippen LogP contribution in [0.15, 0.2) is 30.5 Å². The molecule has 3 aliphatic rings. The second kappa shape index (κ2) is 9.37. The monoisotopic (exact) mass is 490 g/mol.